The van der Waals surface area contributed by atoms with Crippen molar-refractivity contribution in [3.8, 4) is 0 Å². The molecule has 7 rings (SSSR count). The van der Waals surface area contributed by atoms with Crippen LogP contribution in [0.15, 0.2) is 46.9 Å². The van der Waals surface area contributed by atoms with Crippen molar-refractivity contribution in [2.24, 2.45) is 5.73 Å². The molecule has 53 heavy (non-hydrogen) atoms. The second-order valence-corrected chi connectivity index (χ2v) is 13.2. The van der Waals surface area contributed by atoms with Crippen molar-refractivity contribution in [3.63, 3.8) is 0 Å². The van der Waals surface area contributed by atoms with Crippen molar-refractivity contribution in [2.75, 3.05) is 36.9 Å². The summed E-state index contributed by atoms with van der Waals surface area (Å²) >= 11 is 0. The molecule has 0 saturated carbocycles. The molecule has 5 heterocycles. The molecule has 1 saturated heterocycles. The first-order chi connectivity index (χ1) is 25.6. The van der Waals surface area contributed by atoms with Gasteiger partial charge in [0.25, 0.3) is 11.8 Å². The number of primary amides is 1. The Morgan fingerprint density at radius 3 is 2.30 bits per heavy atom. The summed E-state index contributed by atoms with van der Waals surface area (Å²) in [6.45, 7) is 12.5. The van der Waals surface area contributed by atoms with Gasteiger partial charge in [0, 0.05) is 51.8 Å². The van der Waals surface area contributed by atoms with Crippen LogP contribution in [0.4, 0.5) is 11.9 Å². The predicted octanol–water partition coefficient (Wildman–Crippen LogP) is 4.43. The number of hydrogen-bond acceptors (Lipinski definition) is 10. The Morgan fingerprint density at radius 2 is 1.58 bits per heavy atom. The average molecular weight is 722 g/mol. The molecular weight excluding hydrogens is 678 g/mol. The van der Waals surface area contributed by atoms with E-state index >= 15 is 0 Å². The summed E-state index contributed by atoms with van der Waals surface area (Å²) in [4.78, 5) is 55.1. The predicted molar refractivity (Wildman–Crippen MR) is 198 cm³/mol. The van der Waals surface area contributed by atoms with Crippen molar-refractivity contribution in [1.29, 1.82) is 0 Å². The number of anilines is 2. The van der Waals surface area contributed by atoms with Gasteiger partial charge < -0.3 is 24.0 Å². The van der Waals surface area contributed by atoms with Crippen molar-refractivity contribution in [3.05, 3.63) is 82.3 Å². The molecule has 16 nitrogen and oxygen atoms in total. The SMILES string of the molecule is CCn1nc(C)cc1C(=O)Nc1nc2cc(C(N)=O)ccc2n1CCCCn1c(NC(=O)c2oc(C)nc2C)nc2cccc(CN3CCOCC3)c21. The second kappa shape index (κ2) is 15.0. The second-order valence-electron chi connectivity index (χ2n) is 13.2. The number of carbonyl (C=O) groups is 3. The Morgan fingerprint density at radius 1 is 0.868 bits per heavy atom. The first-order valence-electron chi connectivity index (χ1n) is 17.8. The van der Waals surface area contributed by atoms with Crippen LogP contribution in [0.25, 0.3) is 22.1 Å². The third-order valence-electron chi connectivity index (χ3n) is 9.39. The van der Waals surface area contributed by atoms with E-state index in [4.69, 9.17) is 24.9 Å². The maximum atomic E-state index is 13.5. The number of imidazole rings is 2. The van der Waals surface area contributed by atoms with Crippen LogP contribution >= 0.6 is 0 Å². The number of benzene rings is 2. The summed E-state index contributed by atoms with van der Waals surface area (Å²) < 4.78 is 16.8. The van der Waals surface area contributed by atoms with Gasteiger partial charge in [-0.3, -0.25) is 34.6 Å². The van der Waals surface area contributed by atoms with Crippen LogP contribution in [0, 0.1) is 20.8 Å². The molecule has 2 aromatic carbocycles. The summed E-state index contributed by atoms with van der Waals surface area (Å²) in [7, 11) is 0. The van der Waals surface area contributed by atoms with Crippen LogP contribution in [-0.4, -0.2) is 82.8 Å². The number of fused-ring (bicyclic) bond motifs is 2. The number of aryl methyl sites for hydroxylation is 6. The number of nitrogens with one attached hydrogen (secondary N) is 2. The molecule has 0 radical (unpaired) electrons. The lowest BCUT2D eigenvalue weighted by Crippen LogP contribution is -2.35. The van der Waals surface area contributed by atoms with Crippen molar-refractivity contribution < 1.29 is 23.5 Å². The fraction of sp³-hybridized carbons (Fsp3) is 0.378. The Labute approximate surface area is 305 Å². The number of rotatable bonds is 13. The molecule has 1 aliphatic heterocycles. The lowest BCUT2D eigenvalue weighted by Gasteiger charge is -2.27. The van der Waals surface area contributed by atoms with Crippen LogP contribution in [-0.2, 0) is 30.9 Å². The zero-order chi connectivity index (χ0) is 37.2. The number of aromatic nitrogens is 7. The number of unbranched alkanes of at least 4 members (excludes halogenated alkanes) is 1. The van der Waals surface area contributed by atoms with E-state index in [0.29, 0.717) is 92.5 Å². The van der Waals surface area contributed by atoms with Gasteiger partial charge in [-0.15, -0.1) is 0 Å². The summed E-state index contributed by atoms with van der Waals surface area (Å²) in [6.07, 6.45) is 1.37. The molecular formula is C37H43N11O5. The Balaban J connectivity index is 1.17. The van der Waals surface area contributed by atoms with Gasteiger partial charge in [0.1, 0.15) is 5.69 Å². The third kappa shape index (κ3) is 7.41. The highest BCUT2D eigenvalue weighted by Gasteiger charge is 2.23. The van der Waals surface area contributed by atoms with Gasteiger partial charge in [0.2, 0.25) is 23.6 Å². The Kier molecular flexibility index (Phi) is 10.1. The van der Waals surface area contributed by atoms with E-state index in [1.54, 1.807) is 42.8 Å². The highest BCUT2D eigenvalue weighted by atomic mass is 16.5. The number of nitrogens with two attached hydrogens (primary N) is 1. The molecule has 1 fully saturated rings. The normalized spacial score (nSPS) is 13.6. The van der Waals surface area contributed by atoms with E-state index in [0.717, 1.165) is 40.9 Å². The highest BCUT2D eigenvalue weighted by Crippen LogP contribution is 2.28. The maximum Gasteiger partial charge on any atom is 0.295 e. The highest BCUT2D eigenvalue weighted by molar-refractivity contribution is 6.04. The van der Waals surface area contributed by atoms with Crippen LogP contribution in [0.1, 0.15) is 74.0 Å². The fourth-order valence-corrected chi connectivity index (χ4v) is 6.88. The minimum absolute atomic E-state index is 0.146. The lowest BCUT2D eigenvalue weighted by atomic mass is 10.1. The van der Waals surface area contributed by atoms with E-state index in [1.807, 2.05) is 30.5 Å². The van der Waals surface area contributed by atoms with Gasteiger partial charge in [0.05, 0.1) is 46.7 Å². The molecule has 6 aromatic rings. The molecule has 0 spiro atoms. The number of hydrogen-bond donors (Lipinski definition) is 3. The number of carbonyl (C=O) groups excluding carboxylic acids is 3. The number of morpholine rings is 1. The van der Waals surface area contributed by atoms with E-state index in [-0.39, 0.29) is 11.7 Å². The van der Waals surface area contributed by atoms with Crippen molar-refractivity contribution >= 4 is 51.7 Å². The average Bonchev–Trinajstić information content (AvgIpc) is 3.89. The third-order valence-corrected chi connectivity index (χ3v) is 9.39. The molecule has 0 aliphatic carbocycles. The summed E-state index contributed by atoms with van der Waals surface area (Å²) in [5, 5.41) is 10.4. The minimum atomic E-state index is -0.564. The van der Waals surface area contributed by atoms with Crippen LogP contribution in [0.2, 0.25) is 0 Å². The molecule has 0 unspecified atom stereocenters. The van der Waals surface area contributed by atoms with E-state index in [2.05, 4.69) is 36.2 Å². The molecule has 0 bridgehead atoms. The van der Waals surface area contributed by atoms with Crippen LogP contribution < -0.4 is 16.4 Å². The molecule has 276 valence electrons. The molecule has 3 amide bonds. The molecule has 1 aliphatic rings. The smallest absolute Gasteiger partial charge is 0.295 e. The first-order valence-corrected chi connectivity index (χ1v) is 17.8. The van der Waals surface area contributed by atoms with Gasteiger partial charge in [-0.05, 0) is 69.5 Å². The van der Waals surface area contributed by atoms with Gasteiger partial charge in [0.15, 0.2) is 5.89 Å². The standard InChI is InChI=1S/C37H43N11O5/c1-5-48-30(19-22(2)44-48)34(50)42-36-41-28-20-25(33(38)49)11-12-29(28)46(36)13-6-7-14-47-31-26(21-45-15-17-52-18-16-45)9-8-10-27(31)40-37(47)43-35(51)32-23(3)39-24(4)53-32/h8-12,19-20H,5-7,13-18,21H2,1-4H3,(H2,38,49)(H,40,43,51)(H,41,42,50). The van der Waals surface area contributed by atoms with E-state index < -0.39 is 11.8 Å². The molecule has 0 atom stereocenters. The number of nitrogens with zero attached hydrogens (tertiary/aromatic N) is 8. The zero-order valence-corrected chi connectivity index (χ0v) is 30.3. The quantitative estimate of drug-likeness (QED) is 0.144. The monoisotopic (exact) mass is 721 g/mol. The minimum Gasteiger partial charge on any atom is -0.436 e. The Bertz CT molecular complexity index is 2330. The topological polar surface area (TPSA) is 193 Å². The van der Waals surface area contributed by atoms with Crippen LogP contribution in [0.3, 0.4) is 0 Å². The summed E-state index contributed by atoms with van der Waals surface area (Å²) in [5.74, 6) is -0.00729. The van der Waals surface area contributed by atoms with Crippen molar-refractivity contribution in [2.45, 2.75) is 66.7 Å². The first kappa shape index (κ1) is 35.5. The van der Waals surface area contributed by atoms with Crippen LogP contribution in [0.5, 0.6) is 0 Å². The molecule has 4 aromatic heterocycles. The Hall–Kier alpha value is -5.87. The van der Waals surface area contributed by atoms with Gasteiger partial charge in [-0.2, -0.15) is 5.10 Å². The van der Waals surface area contributed by atoms with Gasteiger partial charge in [-0.1, -0.05) is 12.1 Å². The summed E-state index contributed by atoms with van der Waals surface area (Å²) in [6, 6.07) is 12.9. The number of oxazole rings is 1. The molecule has 4 N–H and O–H groups in total. The molecule has 16 heteroatoms. The lowest BCUT2D eigenvalue weighted by molar-refractivity contribution is 0.0343. The van der Waals surface area contributed by atoms with E-state index in [9.17, 15) is 14.4 Å². The van der Waals surface area contributed by atoms with Crippen molar-refractivity contribution in [1.82, 2.24) is 38.8 Å². The fourth-order valence-electron chi connectivity index (χ4n) is 6.88. The van der Waals surface area contributed by atoms with Gasteiger partial charge >= 0.3 is 0 Å². The number of para-hydroxylation sites is 1. The number of amides is 3. The maximum absolute atomic E-state index is 13.5. The van der Waals surface area contributed by atoms with E-state index in [1.165, 1.54) is 0 Å². The summed E-state index contributed by atoms with van der Waals surface area (Å²) in [5.41, 5.74) is 11.7. The largest absolute Gasteiger partial charge is 0.436 e. The zero-order valence-electron chi connectivity index (χ0n) is 30.3. The number of ether oxygens (including phenoxy) is 1. The van der Waals surface area contributed by atoms with Gasteiger partial charge in [-0.25, -0.2) is 15.0 Å².